The molecule has 1 aliphatic rings. The number of rotatable bonds is 5. The number of hydrogen-bond donors (Lipinski definition) is 2. The molecule has 0 aliphatic heterocycles. The summed E-state index contributed by atoms with van der Waals surface area (Å²) in [5, 5.41) is 12.8. The quantitative estimate of drug-likeness (QED) is 0.662. The predicted octanol–water partition coefficient (Wildman–Crippen LogP) is 0.689. The van der Waals surface area contributed by atoms with Crippen LogP contribution in [0, 0.1) is 5.41 Å². The van der Waals surface area contributed by atoms with Crippen LogP contribution in [0.5, 0.6) is 0 Å². The first-order valence-corrected chi connectivity index (χ1v) is 5.55. The number of ether oxygens (including phenoxy) is 1. The van der Waals surface area contributed by atoms with E-state index < -0.39 is 0 Å². The van der Waals surface area contributed by atoms with Crippen LogP contribution in [0.15, 0.2) is 0 Å². The fraction of sp³-hybridized carbons (Fsp3) is 0.909. The van der Waals surface area contributed by atoms with Gasteiger partial charge in [0.2, 0.25) is 0 Å². The molecule has 88 valence electrons. The fourth-order valence-electron chi connectivity index (χ4n) is 1.83. The molecular formula is C11H21NO3. The Hall–Kier alpha value is -0.610. The number of carbonyl (C=O) groups is 1. The summed E-state index contributed by atoms with van der Waals surface area (Å²) in [7, 11) is 0. The average Bonchev–Trinajstić information content (AvgIpc) is 2.17. The van der Waals surface area contributed by atoms with E-state index in [1.165, 1.54) is 0 Å². The van der Waals surface area contributed by atoms with Crippen molar-refractivity contribution in [2.75, 3.05) is 13.2 Å². The van der Waals surface area contributed by atoms with Crippen LogP contribution in [-0.2, 0) is 9.53 Å². The molecule has 1 rings (SSSR count). The van der Waals surface area contributed by atoms with Crippen LogP contribution in [-0.4, -0.2) is 36.4 Å². The zero-order valence-corrected chi connectivity index (χ0v) is 9.75. The number of hydrogen-bond acceptors (Lipinski definition) is 4. The van der Waals surface area contributed by atoms with E-state index in [-0.39, 0.29) is 17.5 Å². The molecular weight excluding hydrogens is 194 g/mol. The zero-order chi connectivity index (χ0) is 11.5. The number of carbonyl (C=O) groups excluding carboxylic acids is 1. The molecule has 0 radical (unpaired) electrons. The maximum atomic E-state index is 11.0. The topological polar surface area (TPSA) is 58.6 Å². The second kappa shape index (κ2) is 4.94. The van der Waals surface area contributed by atoms with Crippen molar-refractivity contribution in [1.29, 1.82) is 0 Å². The first-order chi connectivity index (χ1) is 6.98. The molecule has 2 atom stereocenters. The van der Waals surface area contributed by atoms with Crippen molar-refractivity contribution < 1.29 is 14.6 Å². The van der Waals surface area contributed by atoms with Crippen LogP contribution < -0.4 is 5.32 Å². The predicted molar refractivity (Wildman–Crippen MR) is 57.4 cm³/mol. The van der Waals surface area contributed by atoms with E-state index in [1.807, 2.05) is 13.8 Å². The second-order valence-corrected chi connectivity index (χ2v) is 4.63. The van der Waals surface area contributed by atoms with Gasteiger partial charge < -0.3 is 15.2 Å². The van der Waals surface area contributed by atoms with Gasteiger partial charge in [-0.15, -0.1) is 0 Å². The van der Waals surface area contributed by atoms with E-state index in [2.05, 4.69) is 5.32 Å². The van der Waals surface area contributed by atoms with E-state index in [4.69, 9.17) is 4.74 Å². The van der Waals surface area contributed by atoms with Gasteiger partial charge in [-0.05, 0) is 13.3 Å². The van der Waals surface area contributed by atoms with Crippen LogP contribution in [0.1, 0.15) is 33.6 Å². The number of nitrogens with one attached hydrogen (secondary N) is 1. The normalized spacial score (nSPS) is 28.3. The Morgan fingerprint density at radius 3 is 2.73 bits per heavy atom. The molecule has 0 bridgehead atoms. The summed E-state index contributed by atoms with van der Waals surface area (Å²) >= 11 is 0. The standard InChI is InChI=1S/C11H21NO3/c1-4-15-10(14)5-6-12-8-7-9(13)11(8,2)3/h8-9,12-13H,4-7H2,1-3H3. The first-order valence-electron chi connectivity index (χ1n) is 5.55. The highest BCUT2D eigenvalue weighted by Gasteiger charge is 2.46. The lowest BCUT2D eigenvalue weighted by Crippen LogP contribution is -2.60. The van der Waals surface area contributed by atoms with Gasteiger partial charge in [0.15, 0.2) is 0 Å². The number of aliphatic hydroxyl groups excluding tert-OH is 1. The highest BCUT2D eigenvalue weighted by atomic mass is 16.5. The summed E-state index contributed by atoms with van der Waals surface area (Å²) in [4.78, 5) is 11.0. The minimum Gasteiger partial charge on any atom is -0.466 e. The molecule has 1 aliphatic carbocycles. The summed E-state index contributed by atoms with van der Waals surface area (Å²) < 4.78 is 4.82. The fourth-order valence-corrected chi connectivity index (χ4v) is 1.83. The van der Waals surface area contributed by atoms with Crippen LogP contribution in [0.2, 0.25) is 0 Å². The Balaban J connectivity index is 2.14. The van der Waals surface area contributed by atoms with Crippen LogP contribution in [0.3, 0.4) is 0 Å². The van der Waals surface area contributed by atoms with Crippen molar-refractivity contribution in [2.45, 2.75) is 45.8 Å². The third kappa shape index (κ3) is 2.92. The molecule has 1 saturated carbocycles. The number of aliphatic hydroxyl groups is 1. The van der Waals surface area contributed by atoms with Crippen molar-refractivity contribution in [3.8, 4) is 0 Å². The van der Waals surface area contributed by atoms with Crippen LogP contribution in [0.4, 0.5) is 0 Å². The van der Waals surface area contributed by atoms with Gasteiger partial charge >= 0.3 is 5.97 Å². The molecule has 0 spiro atoms. The molecule has 0 heterocycles. The van der Waals surface area contributed by atoms with E-state index in [0.29, 0.717) is 25.6 Å². The molecule has 0 aromatic carbocycles. The average molecular weight is 215 g/mol. The van der Waals surface area contributed by atoms with E-state index >= 15 is 0 Å². The molecule has 1 fully saturated rings. The summed E-state index contributed by atoms with van der Waals surface area (Å²) in [6.07, 6.45) is 0.949. The van der Waals surface area contributed by atoms with E-state index in [9.17, 15) is 9.90 Å². The summed E-state index contributed by atoms with van der Waals surface area (Å²) in [6, 6.07) is 0.307. The van der Waals surface area contributed by atoms with Gasteiger partial charge in [0.25, 0.3) is 0 Å². The molecule has 0 aromatic heterocycles. The summed E-state index contributed by atoms with van der Waals surface area (Å²) in [6.45, 7) is 6.93. The third-order valence-corrected chi connectivity index (χ3v) is 3.24. The monoisotopic (exact) mass is 215 g/mol. The minimum atomic E-state index is -0.224. The number of esters is 1. The Labute approximate surface area is 91.0 Å². The van der Waals surface area contributed by atoms with Gasteiger partial charge in [0, 0.05) is 18.0 Å². The largest absolute Gasteiger partial charge is 0.466 e. The highest BCUT2D eigenvalue weighted by Crippen LogP contribution is 2.40. The van der Waals surface area contributed by atoms with E-state index in [1.54, 1.807) is 6.92 Å². The summed E-state index contributed by atoms with van der Waals surface area (Å²) in [5.41, 5.74) is -0.0747. The first kappa shape index (κ1) is 12.5. The molecule has 0 amide bonds. The molecule has 0 aromatic rings. The zero-order valence-electron chi connectivity index (χ0n) is 9.75. The van der Waals surface area contributed by atoms with Crippen molar-refractivity contribution in [1.82, 2.24) is 5.32 Å². The maximum Gasteiger partial charge on any atom is 0.307 e. The SMILES string of the molecule is CCOC(=O)CCNC1CC(O)C1(C)C. The smallest absolute Gasteiger partial charge is 0.307 e. The van der Waals surface area contributed by atoms with Crippen molar-refractivity contribution in [3.05, 3.63) is 0 Å². The van der Waals surface area contributed by atoms with Crippen molar-refractivity contribution in [3.63, 3.8) is 0 Å². The minimum absolute atomic E-state index is 0.0747. The van der Waals surface area contributed by atoms with Crippen molar-refractivity contribution in [2.24, 2.45) is 5.41 Å². The second-order valence-electron chi connectivity index (χ2n) is 4.63. The van der Waals surface area contributed by atoms with Gasteiger partial charge in [-0.3, -0.25) is 4.79 Å². The molecule has 15 heavy (non-hydrogen) atoms. The molecule has 2 N–H and O–H groups in total. The van der Waals surface area contributed by atoms with Crippen LogP contribution in [0.25, 0.3) is 0 Å². The molecule has 2 unspecified atom stereocenters. The molecule has 4 heteroatoms. The maximum absolute atomic E-state index is 11.0. The van der Waals surface area contributed by atoms with Gasteiger partial charge in [-0.2, -0.15) is 0 Å². The molecule has 4 nitrogen and oxygen atoms in total. The third-order valence-electron chi connectivity index (χ3n) is 3.24. The Kier molecular flexibility index (Phi) is 4.11. The Morgan fingerprint density at radius 1 is 1.60 bits per heavy atom. The lowest BCUT2D eigenvalue weighted by Gasteiger charge is -2.49. The lowest BCUT2D eigenvalue weighted by atomic mass is 9.64. The van der Waals surface area contributed by atoms with E-state index in [0.717, 1.165) is 6.42 Å². The highest BCUT2D eigenvalue weighted by molar-refractivity contribution is 5.69. The van der Waals surface area contributed by atoms with Crippen LogP contribution >= 0.6 is 0 Å². The van der Waals surface area contributed by atoms with Crippen molar-refractivity contribution >= 4 is 5.97 Å². The van der Waals surface area contributed by atoms with Gasteiger partial charge in [0.05, 0.1) is 19.1 Å². The van der Waals surface area contributed by atoms with Gasteiger partial charge in [0.1, 0.15) is 0 Å². The Bertz CT molecular complexity index is 228. The Morgan fingerprint density at radius 2 is 2.27 bits per heavy atom. The summed E-state index contributed by atoms with van der Waals surface area (Å²) in [5.74, 6) is -0.164. The molecule has 0 saturated heterocycles. The van der Waals surface area contributed by atoms with Gasteiger partial charge in [-0.25, -0.2) is 0 Å². The van der Waals surface area contributed by atoms with Gasteiger partial charge in [-0.1, -0.05) is 13.8 Å². The lowest BCUT2D eigenvalue weighted by molar-refractivity contribution is -0.143.